The summed E-state index contributed by atoms with van der Waals surface area (Å²) in [6, 6.07) is 0.204. The van der Waals surface area contributed by atoms with Gasteiger partial charge in [-0.25, -0.2) is 0 Å². The molecule has 6 heteroatoms. The average Bonchev–Trinajstić information content (AvgIpc) is 2.98. The molecule has 0 aromatic heterocycles. The molecule has 21 heavy (non-hydrogen) atoms. The molecule has 1 aliphatic carbocycles. The molecule has 124 valence electrons. The summed E-state index contributed by atoms with van der Waals surface area (Å²) in [5.41, 5.74) is 5.75. The van der Waals surface area contributed by atoms with Crippen molar-refractivity contribution in [1.82, 2.24) is 8.61 Å². The average molecular weight is 317 g/mol. The van der Waals surface area contributed by atoms with Crippen molar-refractivity contribution in [2.24, 2.45) is 17.6 Å². The van der Waals surface area contributed by atoms with Gasteiger partial charge in [0.25, 0.3) is 10.2 Å². The molecule has 1 saturated carbocycles. The van der Waals surface area contributed by atoms with Crippen molar-refractivity contribution in [2.75, 3.05) is 26.2 Å². The number of nitrogens with zero attached hydrogens (tertiary/aromatic N) is 2. The van der Waals surface area contributed by atoms with E-state index >= 15 is 0 Å². The normalized spacial score (nSPS) is 26.0. The lowest BCUT2D eigenvalue weighted by Gasteiger charge is -2.38. The zero-order valence-corrected chi connectivity index (χ0v) is 14.3. The molecular weight excluding hydrogens is 286 g/mol. The molecule has 1 atom stereocenters. The Morgan fingerprint density at radius 3 is 2.43 bits per heavy atom. The van der Waals surface area contributed by atoms with Gasteiger partial charge in [-0.1, -0.05) is 26.7 Å². The van der Waals surface area contributed by atoms with Crippen LogP contribution in [-0.2, 0) is 10.2 Å². The minimum Gasteiger partial charge on any atom is -0.330 e. The van der Waals surface area contributed by atoms with Gasteiger partial charge >= 0.3 is 0 Å². The third-order valence-corrected chi connectivity index (χ3v) is 6.74. The van der Waals surface area contributed by atoms with Gasteiger partial charge in [0.1, 0.15) is 0 Å². The van der Waals surface area contributed by atoms with Gasteiger partial charge in [-0.2, -0.15) is 17.0 Å². The van der Waals surface area contributed by atoms with E-state index in [1.807, 2.05) is 0 Å². The van der Waals surface area contributed by atoms with Crippen LogP contribution in [0.1, 0.15) is 52.4 Å². The fourth-order valence-electron chi connectivity index (χ4n) is 3.56. The Kier molecular flexibility index (Phi) is 6.05. The molecule has 1 heterocycles. The first kappa shape index (κ1) is 17.2. The molecule has 2 fully saturated rings. The third kappa shape index (κ3) is 4.18. The number of piperidine rings is 1. The Hall–Kier alpha value is -0.170. The van der Waals surface area contributed by atoms with E-state index in [0.717, 1.165) is 38.5 Å². The molecule has 0 aromatic carbocycles. The van der Waals surface area contributed by atoms with Gasteiger partial charge in [-0.15, -0.1) is 0 Å². The Morgan fingerprint density at radius 1 is 1.19 bits per heavy atom. The maximum Gasteiger partial charge on any atom is 0.282 e. The lowest BCUT2D eigenvalue weighted by molar-refractivity contribution is 0.224. The molecule has 2 N–H and O–H groups in total. The molecule has 0 spiro atoms. The van der Waals surface area contributed by atoms with Crippen LogP contribution in [0.3, 0.4) is 0 Å². The monoisotopic (exact) mass is 317 g/mol. The van der Waals surface area contributed by atoms with Gasteiger partial charge in [-0.3, -0.25) is 0 Å². The first-order chi connectivity index (χ1) is 9.95. The van der Waals surface area contributed by atoms with E-state index in [1.54, 1.807) is 8.61 Å². The van der Waals surface area contributed by atoms with Crippen molar-refractivity contribution in [3.63, 3.8) is 0 Å². The predicted octanol–water partition coefficient (Wildman–Crippen LogP) is 1.80. The first-order valence-corrected chi connectivity index (χ1v) is 9.81. The quantitative estimate of drug-likeness (QED) is 0.812. The van der Waals surface area contributed by atoms with Crippen molar-refractivity contribution >= 4 is 10.2 Å². The summed E-state index contributed by atoms with van der Waals surface area (Å²) in [5.74, 6) is 0.675. The maximum absolute atomic E-state index is 13.1. The van der Waals surface area contributed by atoms with E-state index < -0.39 is 10.2 Å². The van der Waals surface area contributed by atoms with E-state index in [4.69, 9.17) is 5.73 Å². The number of hydrogen-bond acceptors (Lipinski definition) is 3. The molecule has 2 aliphatic rings. The first-order valence-electron chi connectivity index (χ1n) is 8.42. The van der Waals surface area contributed by atoms with Crippen molar-refractivity contribution in [3.05, 3.63) is 0 Å². The molecular formula is C15H31N3O2S. The molecule has 5 nitrogen and oxygen atoms in total. The SMILES string of the molecule is CC(C)CN(C1CCCC1)S(=O)(=O)N1CCCC(CN)C1. The van der Waals surface area contributed by atoms with Crippen LogP contribution in [0.5, 0.6) is 0 Å². The Bertz CT molecular complexity index is 419. The van der Waals surface area contributed by atoms with Crippen molar-refractivity contribution in [2.45, 2.75) is 58.4 Å². The summed E-state index contributed by atoms with van der Waals surface area (Å²) in [6.07, 6.45) is 6.32. The fraction of sp³-hybridized carbons (Fsp3) is 1.00. The Labute approximate surface area is 130 Å². The van der Waals surface area contributed by atoms with E-state index in [0.29, 0.717) is 38.0 Å². The van der Waals surface area contributed by atoms with Gasteiger partial charge in [0.15, 0.2) is 0 Å². The van der Waals surface area contributed by atoms with Crippen LogP contribution in [0.4, 0.5) is 0 Å². The number of rotatable bonds is 6. The maximum atomic E-state index is 13.1. The van der Waals surface area contributed by atoms with E-state index in [1.165, 1.54) is 0 Å². The van der Waals surface area contributed by atoms with Crippen molar-refractivity contribution < 1.29 is 8.42 Å². The van der Waals surface area contributed by atoms with Crippen LogP contribution in [0.2, 0.25) is 0 Å². The molecule has 1 unspecified atom stereocenters. The molecule has 0 aromatic rings. The summed E-state index contributed by atoms with van der Waals surface area (Å²) in [7, 11) is -3.33. The minimum absolute atomic E-state index is 0.204. The second-order valence-electron chi connectivity index (χ2n) is 7.01. The van der Waals surface area contributed by atoms with Gasteiger partial charge in [0.05, 0.1) is 0 Å². The van der Waals surface area contributed by atoms with Crippen LogP contribution in [0, 0.1) is 11.8 Å². The topological polar surface area (TPSA) is 66.6 Å². The lowest BCUT2D eigenvalue weighted by Crippen LogP contribution is -2.52. The van der Waals surface area contributed by atoms with Gasteiger partial charge < -0.3 is 5.73 Å². The summed E-state index contributed by atoms with van der Waals surface area (Å²) in [5, 5.41) is 0. The van der Waals surface area contributed by atoms with Crippen LogP contribution < -0.4 is 5.73 Å². The second kappa shape index (κ2) is 7.40. The summed E-state index contributed by atoms with van der Waals surface area (Å²) >= 11 is 0. The van der Waals surface area contributed by atoms with Crippen LogP contribution in [0.15, 0.2) is 0 Å². The second-order valence-corrected chi connectivity index (χ2v) is 8.89. The highest BCUT2D eigenvalue weighted by atomic mass is 32.2. The van der Waals surface area contributed by atoms with E-state index in [2.05, 4.69) is 13.8 Å². The number of hydrogen-bond donors (Lipinski definition) is 1. The Balaban J connectivity index is 2.15. The van der Waals surface area contributed by atoms with E-state index in [-0.39, 0.29) is 6.04 Å². The molecule has 1 saturated heterocycles. The zero-order valence-electron chi connectivity index (χ0n) is 13.5. The van der Waals surface area contributed by atoms with Crippen LogP contribution in [-0.4, -0.2) is 49.2 Å². The lowest BCUT2D eigenvalue weighted by atomic mass is 10.0. The fourth-order valence-corrected chi connectivity index (χ4v) is 5.69. The summed E-state index contributed by atoms with van der Waals surface area (Å²) < 4.78 is 29.6. The van der Waals surface area contributed by atoms with Crippen molar-refractivity contribution in [3.8, 4) is 0 Å². The third-order valence-electron chi connectivity index (χ3n) is 4.71. The van der Waals surface area contributed by atoms with Crippen molar-refractivity contribution in [1.29, 1.82) is 0 Å². The highest BCUT2D eigenvalue weighted by molar-refractivity contribution is 7.86. The predicted molar refractivity (Wildman–Crippen MR) is 86.1 cm³/mol. The summed E-state index contributed by atoms with van der Waals surface area (Å²) in [4.78, 5) is 0. The molecule has 1 aliphatic heterocycles. The summed E-state index contributed by atoms with van der Waals surface area (Å²) in [6.45, 7) is 6.66. The highest BCUT2D eigenvalue weighted by Gasteiger charge is 2.38. The molecule has 0 bridgehead atoms. The smallest absolute Gasteiger partial charge is 0.282 e. The number of nitrogens with two attached hydrogens (primary N) is 1. The molecule has 2 rings (SSSR count). The van der Waals surface area contributed by atoms with Gasteiger partial charge in [-0.05, 0) is 44.1 Å². The van der Waals surface area contributed by atoms with Crippen LogP contribution >= 0.6 is 0 Å². The molecule has 0 amide bonds. The van der Waals surface area contributed by atoms with Crippen LogP contribution in [0.25, 0.3) is 0 Å². The Morgan fingerprint density at radius 2 is 1.86 bits per heavy atom. The largest absolute Gasteiger partial charge is 0.330 e. The standard InChI is InChI=1S/C15H31N3O2S/c1-13(2)11-18(15-7-3-4-8-15)21(19,20)17-9-5-6-14(10-16)12-17/h13-15H,3-12,16H2,1-2H3. The van der Waals surface area contributed by atoms with Gasteiger partial charge in [0, 0.05) is 25.7 Å². The minimum atomic E-state index is -3.33. The van der Waals surface area contributed by atoms with E-state index in [9.17, 15) is 8.42 Å². The zero-order chi connectivity index (χ0) is 15.5. The molecule has 0 radical (unpaired) electrons. The highest BCUT2D eigenvalue weighted by Crippen LogP contribution is 2.29. The van der Waals surface area contributed by atoms with Gasteiger partial charge in [0.2, 0.25) is 0 Å².